The highest BCUT2D eigenvalue weighted by atomic mass is 16.5. The van der Waals surface area contributed by atoms with E-state index in [0.29, 0.717) is 0 Å². The Bertz CT molecular complexity index is 786. The Morgan fingerprint density at radius 1 is 0.390 bits per heavy atom. The molecule has 232 valence electrons. The minimum atomic E-state index is 0.939. The van der Waals surface area contributed by atoms with Gasteiger partial charge >= 0.3 is 0 Å². The molecule has 0 atom stereocenters. The Hall–Kier alpha value is -1.84. The molecule has 0 bridgehead atoms. The fourth-order valence-corrected chi connectivity index (χ4v) is 6.34. The first-order valence-electron chi connectivity index (χ1n) is 17.5. The van der Waals surface area contributed by atoms with Crippen molar-refractivity contribution in [2.24, 2.45) is 0 Å². The molecular weight excluding hydrogens is 500 g/mol. The fraction of sp³-hybridized carbons (Fsp3) is 0.684. The average Bonchev–Trinajstić information content (AvgIpc) is 3.00. The molecule has 0 aliphatic heterocycles. The number of nitrogens with zero attached hydrogens (tertiary/aromatic N) is 2. The van der Waals surface area contributed by atoms with Crippen LogP contribution in [0.3, 0.4) is 0 Å². The molecule has 3 nitrogen and oxygen atoms in total. The number of hydrogen-bond donors (Lipinski definition) is 0. The smallest absolute Gasteiger partial charge is 0.127 e. The quantitative estimate of drug-likeness (QED) is 0.115. The third-order valence-electron chi connectivity index (χ3n) is 9.03. The average molecular weight is 567 g/mol. The highest BCUT2D eigenvalue weighted by Crippen LogP contribution is 2.27. The molecule has 0 aromatic heterocycles. The van der Waals surface area contributed by atoms with E-state index in [-0.39, 0.29) is 0 Å². The molecule has 0 heterocycles. The second-order valence-corrected chi connectivity index (χ2v) is 12.9. The lowest BCUT2D eigenvalue weighted by Crippen LogP contribution is -2.49. The monoisotopic (exact) mass is 567 g/mol. The molecule has 0 aliphatic rings. The van der Waals surface area contributed by atoms with Gasteiger partial charge in [-0.05, 0) is 87.1 Å². The maximum absolute atomic E-state index is 6.33. The Morgan fingerprint density at radius 3 is 0.854 bits per heavy atom. The standard InChI is InChI=1S/C38H66N2O/c1-7-13-27-39(28-14-8-2,29-15-9-3)33-35-19-23-37(24-20-35)41-38-25-21-36(22-26-38)34-40(30-16-10-4,31-17-11-5)32-18-12-6/h19-26H,7-18,27-34H2,1-6H3/q+2. The van der Waals surface area contributed by atoms with Crippen LogP contribution in [0.4, 0.5) is 0 Å². The predicted molar refractivity (Wildman–Crippen MR) is 180 cm³/mol. The molecule has 0 spiro atoms. The molecule has 0 unspecified atom stereocenters. The van der Waals surface area contributed by atoms with Crippen molar-refractivity contribution in [3.05, 3.63) is 59.7 Å². The van der Waals surface area contributed by atoms with Gasteiger partial charge in [0.1, 0.15) is 24.6 Å². The van der Waals surface area contributed by atoms with Crippen molar-refractivity contribution in [2.45, 2.75) is 132 Å². The highest BCUT2D eigenvalue weighted by molar-refractivity contribution is 5.34. The molecule has 0 saturated heterocycles. The van der Waals surface area contributed by atoms with E-state index in [0.717, 1.165) is 24.6 Å². The SMILES string of the molecule is CCCC[N+](CCCC)(CCCC)Cc1ccc(Oc2ccc(C[N+](CCCC)(CCCC)CCCC)cc2)cc1. The lowest BCUT2D eigenvalue weighted by Gasteiger charge is -2.39. The maximum atomic E-state index is 6.33. The van der Waals surface area contributed by atoms with Crippen molar-refractivity contribution < 1.29 is 13.7 Å². The summed E-state index contributed by atoms with van der Waals surface area (Å²) in [7, 11) is 0. The van der Waals surface area contributed by atoms with Gasteiger partial charge in [0.05, 0.1) is 39.3 Å². The van der Waals surface area contributed by atoms with Gasteiger partial charge < -0.3 is 13.7 Å². The van der Waals surface area contributed by atoms with Crippen LogP contribution in [0.25, 0.3) is 0 Å². The van der Waals surface area contributed by atoms with E-state index >= 15 is 0 Å². The first-order valence-corrected chi connectivity index (χ1v) is 17.5. The van der Waals surface area contributed by atoms with Gasteiger partial charge in [-0.25, -0.2) is 0 Å². The summed E-state index contributed by atoms with van der Waals surface area (Å²) in [6, 6.07) is 17.9. The van der Waals surface area contributed by atoms with Crippen molar-refractivity contribution in [2.75, 3.05) is 39.3 Å². The van der Waals surface area contributed by atoms with Crippen molar-refractivity contribution in [3.63, 3.8) is 0 Å². The van der Waals surface area contributed by atoms with Crippen LogP contribution in [0.1, 0.15) is 130 Å². The largest absolute Gasteiger partial charge is 0.457 e. The van der Waals surface area contributed by atoms with Crippen molar-refractivity contribution in [1.82, 2.24) is 0 Å². The Morgan fingerprint density at radius 2 is 0.634 bits per heavy atom. The lowest BCUT2D eigenvalue weighted by atomic mass is 10.1. The zero-order valence-corrected chi connectivity index (χ0v) is 28.1. The third kappa shape index (κ3) is 12.9. The number of rotatable bonds is 24. The van der Waals surface area contributed by atoms with Gasteiger partial charge in [-0.1, -0.05) is 80.1 Å². The fourth-order valence-electron chi connectivity index (χ4n) is 6.34. The summed E-state index contributed by atoms with van der Waals surface area (Å²) < 4.78 is 8.81. The molecule has 3 heteroatoms. The van der Waals surface area contributed by atoms with E-state index in [1.165, 1.54) is 136 Å². The first-order chi connectivity index (χ1) is 20.0. The predicted octanol–water partition coefficient (Wildman–Crippen LogP) is 10.9. The van der Waals surface area contributed by atoms with E-state index in [1.807, 2.05) is 0 Å². The minimum Gasteiger partial charge on any atom is -0.457 e. The van der Waals surface area contributed by atoms with Crippen molar-refractivity contribution >= 4 is 0 Å². The molecule has 0 aliphatic carbocycles. The number of unbranched alkanes of at least 4 members (excludes halogenated alkanes) is 6. The van der Waals surface area contributed by atoms with Gasteiger partial charge in [0.2, 0.25) is 0 Å². The van der Waals surface area contributed by atoms with Gasteiger partial charge in [0, 0.05) is 11.1 Å². The molecular formula is C38H66N2O+2. The number of benzene rings is 2. The summed E-state index contributed by atoms with van der Waals surface area (Å²) in [5.74, 6) is 1.88. The molecule has 2 aromatic rings. The van der Waals surface area contributed by atoms with E-state index in [1.54, 1.807) is 0 Å². The molecule has 2 rings (SSSR count). The van der Waals surface area contributed by atoms with Crippen molar-refractivity contribution in [3.8, 4) is 11.5 Å². The van der Waals surface area contributed by atoms with Crippen LogP contribution in [0.15, 0.2) is 48.5 Å². The summed E-state index contributed by atoms with van der Waals surface area (Å²) in [5.41, 5.74) is 2.88. The normalized spacial score (nSPS) is 12.1. The van der Waals surface area contributed by atoms with Crippen LogP contribution in [0, 0.1) is 0 Å². The van der Waals surface area contributed by atoms with Gasteiger partial charge in [0.15, 0.2) is 0 Å². The van der Waals surface area contributed by atoms with E-state index < -0.39 is 0 Å². The third-order valence-corrected chi connectivity index (χ3v) is 9.03. The number of ether oxygens (including phenoxy) is 1. The van der Waals surface area contributed by atoms with E-state index in [2.05, 4.69) is 90.1 Å². The summed E-state index contributed by atoms with van der Waals surface area (Å²) in [5, 5.41) is 0. The summed E-state index contributed by atoms with van der Waals surface area (Å²) in [6.45, 7) is 24.1. The van der Waals surface area contributed by atoms with E-state index in [4.69, 9.17) is 4.74 Å². The number of quaternary nitrogens is 2. The molecule has 0 fully saturated rings. The molecule has 0 amide bonds. The Balaban J connectivity index is 2.10. The summed E-state index contributed by atoms with van der Waals surface area (Å²) >= 11 is 0. The first kappa shape index (κ1) is 35.4. The molecule has 0 N–H and O–H groups in total. The van der Waals surface area contributed by atoms with Crippen LogP contribution in [-0.4, -0.2) is 48.2 Å². The molecule has 2 aromatic carbocycles. The zero-order chi connectivity index (χ0) is 29.8. The van der Waals surface area contributed by atoms with Crippen LogP contribution in [0.5, 0.6) is 11.5 Å². The van der Waals surface area contributed by atoms with Gasteiger partial charge in [0.25, 0.3) is 0 Å². The van der Waals surface area contributed by atoms with Gasteiger partial charge in [-0.15, -0.1) is 0 Å². The van der Waals surface area contributed by atoms with Gasteiger partial charge in [-0.2, -0.15) is 0 Å². The molecule has 41 heavy (non-hydrogen) atoms. The topological polar surface area (TPSA) is 9.23 Å². The van der Waals surface area contributed by atoms with Crippen LogP contribution >= 0.6 is 0 Å². The Labute approximate surface area is 255 Å². The Kier molecular flexibility index (Phi) is 17.4. The second-order valence-electron chi connectivity index (χ2n) is 12.9. The van der Waals surface area contributed by atoms with Crippen LogP contribution in [-0.2, 0) is 13.1 Å². The molecule has 0 saturated carbocycles. The maximum Gasteiger partial charge on any atom is 0.127 e. The van der Waals surface area contributed by atoms with E-state index in [9.17, 15) is 0 Å². The van der Waals surface area contributed by atoms with Crippen LogP contribution < -0.4 is 4.74 Å². The zero-order valence-electron chi connectivity index (χ0n) is 28.1. The lowest BCUT2D eigenvalue weighted by molar-refractivity contribution is -0.941. The molecule has 0 radical (unpaired) electrons. The summed E-state index contributed by atoms with van der Waals surface area (Å²) in [4.78, 5) is 0. The number of hydrogen-bond acceptors (Lipinski definition) is 1. The second kappa shape index (κ2) is 20.1. The minimum absolute atomic E-state index is 0.939. The van der Waals surface area contributed by atoms with Crippen LogP contribution in [0.2, 0.25) is 0 Å². The summed E-state index contributed by atoms with van der Waals surface area (Å²) in [6.07, 6.45) is 15.6. The van der Waals surface area contributed by atoms with Gasteiger partial charge in [-0.3, -0.25) is 0 Å². The van der Waals surface area contributed by atoms with Crippen molar-refractivity contribution in [1.29, 1.82) is 0 Å². The highest BCUT2D eigenvalue weighted by Gasteiger charge is 2.27.